The van der Waals surface area contributed by atoms with Crippen molar-refractivity contribution in [1.29, 1.82) is 0 Å². The molecule has 4 rings (SSSR count). The van der Waals surface area contributed by atoms with Gasteiger partial charge in [0.15, 0.2) is 17.6 Å². The molecule has 0 radical (unpaired) electrons. The topological polar surface area (TPSA) is 96.7 Å². The number of amides is 1. The molecule has 2 aromatic heterocycles. The molecule has 3 N–H and O–H groups in total. The van der Waals surface area contributed by atoms with E-state index in [4.69, 9.17) is 10.5 Å². The fourth-order valence-corrected chi connectivity index (χ4v) is 4.76. The first-order valence-electron chi connectivity index (χ1n) is 9.97. The first kappa shape index (κ1) is 22.0. The van der Waals surface area contributed by atoms with Crippen LogP contribution in [0.25, 0.3) is 10.4 Å². The number of rotatable bonds is 6. The van der Waals surface area contributed by atoms with Crippen molar-refractivity contribution < 1.29 is 22.7 Å². The van der Waals surface area contributed by atoms with Gasteiger partial charge in [-0.05, 0) is 51.3 Å². The number of alkyl halides is 3. The van der Waals surface area contributed by atoms with Gasteiger partial charge in [0.2, 0.25) is 5.91 Å². The maximum atomic E-state index is 13.4. The van der Waals surface area contributed by atoms with Crippen LogP contribution >= 0.6 is 11.3 Å². The van der Waals surface area contributed by atoms with Gasteiger partial charge in [-0.3, -0.25) is 14.7 Å². The lowest BCUT2D eigenvalue weighted by molar-refractivity contribution is -0.181. The highest BCUT2D eigenvalue weighted by Crippen LogP contribution is 2.42. The predicted octanol–water partition coefficient (Wildman–Crippen LogP) is 3.40. The Labute approximate surface area is 181 Å². The van der Waals surface area contributed by atoms with Crippen molar-refractivity contribution in [3.05, 3.63) is 29.7 Å². The second-order valence-corrected chi connectivity index (χ2v) is 9.37. The van der Waals surface area contributed by atoms with Crippen molar-refractivity contribution in [3.63, 3.8) is 0 Å². The number of likely N-dealkylation sites (tertiary alicyclic amines) is 1. The van der Waals surface area contributed by atoms with E-state index in [1.807, 2.05) is 4.90 Å². The standard InChI is InChI=1S/C20H24F3N5O2S/c1-10-14(11-6-7-25-13(9-11)19(2,3)20(21,22)23)31-18(26-10)27-16-17(30-16)28-8-4-5-12(28)15(24)29/h6-7,9,12,16-17H,4-5,8H2,1-3H3,(H2,24,29)(H,26,27). The lowest BCUT2D eigenvalue weighted by atomic mass is 9.87. The maximum absolute atomic E-state index is 13.4. The minimum atomic E-state index is -4.41. The van der Waals surface area contributed by atoms with Crippen LogP contribution in [0.5, 0.6) is 0 Å². The number of anilines is 1. The molecule has 2 aliphatic rings. The summed E-state index contributed by atoms with van der Waals surface area (Å²) < 4.78 is 45.9. The summed E-state index contributed by atoms with van der Waals surface area (Å²) in [6.45, 7) is 4.79. The third-order valence-electron chi connectivity index (χ3n) is 5.85. The van der Waals surface area contributed by atoms with Crippen LogP contribution in [0.1, 0.15) is 38.1 Å². The summed E-state index contributed by atoms with van der Waals surface area (Å²) in [4.78, 5) is 22.8. The third-order valence-corrected chi connectivity index (χ3v) is 6.99. The third kappa shape index (κ3) is 4.13. The van der Waals surface area contributed by atoms with Gasteiger partial charge in [-0.1, -0.05) is 11.3 Å². The van der Waals surface area contributed by atoms with E-state index in [1.165, 1.54) is 23.6 Å². The average molecular weight is 456 g/mol. The minimum absolute atomic E-state index is 0.0445. The summed E-state index contributed by atoms with van der Waals surface area (Å²) in [5, 5.41) is 3.80. The van der Waals surface area contributed by atoms with Gasteiger partial charge >= 0.3 is 6.18 Å². The van der Waals surface area contributed by atoms with Gasteiger partial charge in [0.05, 0.1) is 22.3 Å². The molecule has 4 heterocycles. The molecule has 2 aromatic rings. The predicted molar refractivity (Wildman–Crippen MR) is 110 cm³/mol. The van der Waals surface area contributed by atoms with E-state index >= 15 is 0 Å². The molecule has 0 saturated carbocycles. The van der Waals surface area contributed by atoms with Crippen molar-refractivity contribution in [2.24, 2.45) is 5.73 Å². The molecule has 2 aliphatic heterocycles. The van der Waals surface area contributed by atoms with Crippen LogP contribution in [0, 0.1) is 6.92 Å². The Morgan fingerprint density at radius 1 is 1.39 bits per heavy atom. The molecule has 2 saturated heterocycles. The number of hydrogen-bond acceptors (Lipinski definition) is 7. The Morgan fingerprint density at radius 3 is 2.81 bits per heavy atom. The Morgan fingerprint density at radius 2 is 2.13 bits per heavy atom. The second kappa shape index (κ2) is 7.72. The summed E-state index contributed by atoms with van der Waals surface area (Å²) in [7, 11) is 0. The van der Waals surface area contributed by atoms with E-state index in [0.29, 0.717) is 16.4 Å². The quantitative estimate of drug-likeness (QED) is 0.648. The number of hydrogen-bond donors (Lipinski definition) is 2. The molecule has 3 unspecified atom stereocenters. The molecule has 2 fully saturated rings. The Kier molecular flexibility index (Phi) is 5.47. The normalized spacial score (nSPS) is 24.4. The van der Waals surface area contributed by atoms with Crippen LogP contribution in [-0.4, -0.2) is 52.0 Å². The molecule has 0 aliphatic carbocycles. The summed E-state index contributed by atoms with van der Waals surface area (Å²) >= 11 is 1.34. The molecule has 31 heavy (non-hydrogen) atoms. The van der Waals surface area contributed by atoms with E-state index in [2.05, 4.69) is 15.3 Å². The number of aryl methyl sites for hydroxylation is 1. The number of carbonyl (C=O) groups is 1. The van der Waals surface area contributed by atoms with E-state index in [-0.39, 0.29) is 30.1 Å². The molecule has 0 bridgehead atoms. The highest BCUT2D eigenvalue weighted by Gasteiger charge is 2.50. The molecule has 7 nitrogen and oxygen atoms in total. The Hall–Kier alpha value is -2.24. The van der Waals surface area contributed by atoms with Crippen molar-refractivity contribution in [2.45, 2.75) is 63.7 Å². The molecule has 11 heteroatoms. The Balaban J connectivity index is 1.49. The number of halogens is 3. The van der Waals surface area contributed by atoms with E-state index in [0.717, 1.165) is 38.1 Å². The molecule has 168 valence electrons. The first-order chi connectivity index (χ1) is 14.5. The molecule has 3 atom stereocenters. The number of thiazole rings is 1. The molecule has 0 spiro atoms. The summed E-state index contributed by atoms with van der Waals surface area (Å²) in [5.74, 6) is -0.352. The smallest absolute Gasteiger partial charge is 0.368 e. The monoisotopic (exact) mass is 455 g/mol. The Bertz CT molecular complexity index is 993. The fraction of sp³-hybridized carbons (Fsp3) is 0.550. The zero-order valence-corrected chi connectivity index (χ0v) is 18.2. The zero-order chi connectivity index (χ0) is 22.6. The molecule has 0 aromatic carbocycles. The van der Waals surface area contributed by atoms with Crippen molar-refractivity contribution in [3.8, 4) is 10.4 Å². The number of aromatic nitrogens is 2. The number of pyridine rings is 1. The van der Waals surface area contributed by atoms with Crippen LogP contribution in [0.3, 0.4) is 0 Å². The highest BCUT2D eigenvalue weighted by atomic mass is 32.1. The second-order valence-electron chi connectivity index (χ2n) is 8.38. The van der Waals surface area contributed by atoms with Crippen LogP contribution in [0.4, 0.5) is 18.3 Å². The number of carbonyl (C=O) groups excluding carboxylic acids is 1. The number of nitrogens with two attached hydrogens (primary N) is 1. The highest BCUT2D eigenvalue weighted by molar-refractivity contribution is 7.19. The number of epoxide rings is 1. The van der Waals surface area contributed by atoms with E-state index in [1.54, 1.807) is 13.0 Å². The van der Waals surface area contributed by atoms with Crippen LogP contribution in [0.2, 0.25) is 0 Å². The van der Waals surface area contributed by atoms with Gasteiger partial charge in [0, 0.05) is 12.7 Å². The summed E-state index contributed by atoms with van der Waals surface area (Å²) in [6, 6.07) is 2.83. The first-order valence-corrected chi connectivity index (χ1v) is 10.8. The lowest BCUT2D eigenvalue weighted by Crippen LogP contribution is -2.43. The number of primary amides is 1. The van der Waals surface area contributed by atoms with Crippen LogP contribution < -0.4 is 11.1 Å². The molecular weight excluding hydrogens is 431 g/mol. The van der Waals surface area contributed by atoms with E-state index < -0.39 is 11.6 Å². The van der Waals surface area contributed by atoms with Crippen molar-refractivity contribution in [1.82, 2.24) is 14.9 Å². The summed E-state index contributed by atoms with van der Waals surface area (Å²) in [6.07, 6.45) is -1.96. The van der Waals surface area contributed by atoms with Crippen molar-refractivity contribution >= 4 is 22.4 Å². The van der Waals surface area contributed by atoms with Gasteiger partial charge in [-0.2, -0.15) is 13.2 Å². The number of nitrogens with one attached hydrogen (secondary N) is 1. The zero-order valence-electron chi connectivity index (χ0n) is 17.4. The van der Waals surface area contributed by atoms with Crippen LogP contribution in [0.15, 0.2) is 18.3 Å². The maximum Gasteiger partial charge on any atom is 0.399 e. The van der Waals surface area contributed by atoms with E-state index in [9.17, 15) is 18.0 Å². The lowest BCUT2D eigenvalue weighted by Gasteiger charge is -2.27. The SMILES string of the molecule is Cc1nc(NC2OC2N2CCCC2C(N)=O)sc1-c1ccnc(C(C)(C)C(F)(F)F)c1. The average Bonchev–Trinajstić information content (AvgIpc) is 3.10. The molecular formula is C20H24F3N5O2S. The van der Waals surface area contributed by atoms with Gasteiger partial charge in [-0.15, -0.1) is 0 Å². The number of ether oxygens (including phenoxy) is 1. The van der Waals surface area contributed by atoms with Gasteiger partial charge in [0.25, 0.3) is 0 Å². The number of nitrogens with zero attached hydrogens (tertiary/aromatic N) is 3. The summed E-state index contributed by atoms with van der Waals surface area (Å²) in [5.41, 5.74) is 4.69. The van der Waals surface area contributed by atoms with Crippen molar-refractivity contribution in [2.75, 3.05) is 11.9 Å². The van der Waals surface area contributed by atoms with Gasteiger partial charge < -0.3 is 15.8 Å². The van der Waals surface area contributed by atoms with Gasteiger partial charge in [-0.25, -0.2) is 4.98 Å². The van der Waals surface area contributed by atoms with Gasteiger partial charge in [0.1, 0.15) is 5.41 Å². The minimum Gasteiger partial charge on any atom is -0.368 e. The molecule has 1 amide bonds. The fourth-order valence-electron chi connectivity index (χ4n) is 3.77. The van der Waals surface area contributed by atoms with Crippen LogP contribution in [-0.2, 0) is 14.9 Å². The largest absolute Gasteiger partial charge is 0.399 e.